The maximum Gasteiger partial charge on any atom is 0.419 e. The van der Waals surface area contributed by atoms with Crippen molar-refractivity contribution in [2.45, 2.75) is 37.3 Å². The third-order valence-electron chi connectivity index (χ3n) is 4.05. The van der Waals surface area contributed by atoms with Gasteiger partial charge in [-0.25, -0.2) is 0 Å². The topological polar surface area (TPSA) is 35.2 Å². The number of para-hydroxylation sites is 1. The maximum atomic E-state index is 13.0. The second-order valence-electron chi connectivity index (χ2n) is 5.08. The fourth-order valence-electron chi connectivity index (χ4n) is 3.03. The van der Waals surface area contributed by atoms with Crippen LogP contribution in [0.2, 0.25) is 0 Å². The molecule has 106 valence electrons. The van der Waals surface area contributed by atoms with Crippen LogP contribution in [0.5, 0.6) is 5.75 Å². The van der Waals surface area contributed by atoms with E-state index in [1.807, 2.05) is 0 Å². The average molecular weight is 273 g/mol. The highest BCUT2D eigenvalue weighted by molar-refractivity contribution is 5.48. The van der Waals surface area contributed by atoms with E-state index >= 15 is 0 Å². The molecule has 2 N–H and O–H groups in total. The van der Waals surface area contributed by atoms with Gasteiger partial charge in [0.25, 0.3) is 0 Å². The van der Waals surface area contributed by atoms with Crippen LogP contribution in [0.4, 0.5) is 13.2 Å². The smallest absolute Gasteiger partial charge is 0.419 e. The van der Waals surface area contributed by atoms with Crippen LogP contribution in [0, 0.1) is 0 Å². The predicted molar refractivity (Wildman–Crippen MR) is 67.2 cm³/mol. The van der Waals surface area contributed by atoms with E-state index in [0.29, 0.717) is 12.1 Å². The molecule has 2 rings (SSSR count). The van der Waals surface area contributed by atoms with Crippen molar-refractivity contribution in [3.05, 3.63) is 29.3 Å². The molecule has 0 heterocycles. The Morgan fingerprint density at radius 1 is 1.26 bits per heavy atom. The van der Waals surface area contributed by atoms with E-state index in [-0.39, 0.29) is 11.2 Å². The van der Waals surface area contributed by atoms with Crippen LogP contribution in [-0.4, -0.2) is 13.7 Å². The number of nitrogens with two attached hydrogens (primary N) is 1. The number of methoxy groups -OCH3 is 1. The molecule has 0 aromatic heterocycles. The number of halogens is 3. The molecule has 0 aliphatic heterocycles. The van der Waals surface area contributed by atoms with Gasteiger partial charge in [-0.1, -0.05) is 25.0 Å². The summed E-state index contributed by atoms with van der Waals surface area (Å²) < 4.78 is 44.1. The zero-order valence-corrected chi connectivity index (χ0v) is 10.9. The Kier molecular flexibility index (Phi) is 3.76. The van der Waals surface area contributed by atoms with Gasteiger partial charge in [-0.3, -0.25) is 0 Å². The van der Waals surface area contributed by atoms with Crippen molar-refractivity contribution in [2.24, 2.45) is 5.73 Å². The Morgan fingerprint density at radius 2 is 1.89 bits per heavy atom. The lowest BCUT2D eigenvalue weighted by atomic mass is 9.77. The first kappa shape index (κ1) is 14.2. The second kappa shape index (κ2) is 5.04. The summed E-state index contributed by atoms with van der Waals surface area (Å²) in [6.45, 7) is 0.352. The number of hydrogen-bond acceptors (Lipinski definition) is 2. The van der Waals surface area contributed by atoms with Crippen molar-refractivity contribution in [1.82, 2.24) is 0 Å². The lowest BCUT2D eigenvalue weighted by Gasteiger charge is -2.30. The minimum Gasteiger partial charge on any atom is -0.496 e. The van der Waals surface area contributed by atoms with E-state index in [0.717, 1.165) is 31.7 Å². The van der Waals surface area contributed by atoms with E-state index < -0.39 is 11.7 Å². The van der Waals surface area contributed by atoms with Crippen molar-refractivity contribution >= 4 is 0 Å². The van der Waals surface area contributed by atoms with Gasteiger partial charge in [-0.05, 0) is 18.9 Å². The van der Waals surface area contributed by atoms with Crippen LogP contribution >= 0.6 is 0 Å². The van der Waals surface area contributed by atoms with Gasteiger partial charge in [-0.2, -0.15) is 13.2 Å². The minimum atomic E-state index is -4.41. The molecule has 1 saturated carbocycles. The monoisotopic (exact) mass is 273 g/mol. The lowest BCUT2D eigenvalue weighted by Crippen LogP contribution is -2.33. The fourth-order valence-corrected chi connectivity index (χ4v) is 3.03. The fraction of sp³-hybridized carbons (Fsp3) is 0.571. The standard InChI is InChI=1S/C14H18F3NO/c1-19-12-10(13(9-18)7-2-3-8-13)5-4-6-11(12)14(15,16)17/h4-6H,2-3,7-9,18H2,1H3. The number of alkyl halides is 3. The molecule has 0 unspecified atom stereocenters. The summed E-state index contributed by atoms with van der Waals surface area (Å²) in [5, 5.41) is 0. The summed E-state index contributed by atoms with van der Waals surface area (Å²) in [7, 11) is 1.28. The SMILES string of the molecule is COc1c(C(F)(F)F)cccc1C1(CN)CCCC1. The molecule has 0 atom stereocenters. The van der Waals surface area contributed by atoms with E-state index in [4.69, 9.17) is 10.5 Å². The Hall–Kier alpha value is -1.23. The second-order valence-corrected chi connectivity index (χ2v) is 5.08. The first-order valence-corrected chi connectivity index (χ1v) is 6.39. The Morgan fingerprint density at radius 3 is 2.37 bits per heavy atom. The Balaban J connectivity index is 2.57. The molecule has 5 heteroatoms. The summed E-state index contributed by atoms with van der Waals surface area (Å²) in [5.74, 6) is -0.0673. The molecule has 1 aliphatic rings. The number of rotatable bonds is 3. The third-order valence-corrected chi connectivity index (χ3v) is 4.05. The molecule has 0 bridgehead atoms. The van der Waals surface area contributed by atoms with Gasteiger partial charge in [0.2, 0.25) is 0 Å². The van der Waals surface area contributed by atoms with Crippen LogP contribution in [0.3, 0.4) is 0 Å². The van der Waals surface area contributed by atoms with Gasteiger partial charge >= 0.3 is 6.18 Å². The normalized spacial score (nSPS) is 18.6. The molecular formula is C14H18F3NO. The Labute approximate surface area is 110 Å². The minimum absolute atomic E-state index is 0.0673. The van der Waals surface area contributed by atoms with Gasteiger partial charge < -0.3 is 10.5 Å². The van der Waals surface area contributed by atoms with Gasteiger partial charge in [0.05, 0.1) is 12.7 Å². The van der Waals surface area contributed by atoms with Gasteiger partial charge in [0.15, 0.2) is 0 Å². The van der Waals surface area contributed by atoms with Crippen molar-refractivity contribution in [1.29, 1.82) is 0 Å². The van der Waals surface area contributed by atoms with Crippen molar-refractivity contribution in [2.75, 3.05) is 13.7 Å². The quantitative estimate of drug-likeness (QED) is 0.915. The van der Waals surface area contributed by atoms with Gasteiger partial charge in [0.1, 0.15) is 5.75 Å². The number of benzene rings is 1. The molecular weight excluding hydrogens is 255 g/mol. The number of hydrogen-bond donors (Lipinski definition) is 1. The van der Waals surface area contributed by atoms with Gasteiger partial charge in [0, 0.05) is 17.5 Å². The zero-order valence-electron chi connectivity index (χ0n) is 10.9. The molecule has 0 spiro atoms. The summed E-state index contributed by atoms with van der Waals surface area (Å²) >= 11 is 0. The summed E-state index contributed by atoms with van der Waals surface area (Å²) in [6, 6.07) is 4.21. The van der Waals surface area contributed by atoms with Crippen molar-refractivity contribution in [3.8, 4) is 5.75 Å². The molecule has 0 radical (unpaired) electrons. The van der Waals surface area contributed by atoms with Crippen LogP contribution in [0.25, 0.3) is 0 Å². The van der Waals surface area contributed by atoms with Crippen LogP contribution in [0.15, 0.2) is 18.2 Å². The highest BCUT2D eigenvalue weighted by atomic mass is 19.4. The summed E-state index contributed by atoms with van der Waals surface area (Å²) in [4.78, 5) is 0. The summed E-state index contributed by atoms with van der Waals surface area (Å²) in [5.41, 5.74) is 5.36. The molecule has 2 nitrogen and oxygen atoms in total. The van der Waals surface area contributed by atoms with E-state index in [1.165, 1.54) is 13.2 Å². The van der Waals surface area contributed by atoms with Crippen LogP contribution < -0.4 is 10.5 Å². The molecule has 0 amide bonds. The Bertz CT molecular complexity index is 450. The molecule has 1 aromatic carbocycles. The molecule has 1 aliphatic carbocycles. The molecule has 0 saturated heterocycles. The number of ether oxygens (including phenoxy) is 1. The zero-order chi connectivity index (χ0) is 14.1. The largest absolute Gasteiger partial charge is 0.496 e. The third kappa shape index (κ3) is 2.43. The van der Waals surface area contributed by atoms with Gasteiger partial charge in [-0.15, -0.1) is 0 Å². The molecule has 19 heavy (non-hydrogen) atoms. The predicted octanol–water partition coefficient (Wildman–Crippen LogP) is 3.48. The molecule has 1 fully saturated rings. The first-order chi connectivity index (χ1) is 8.94. The maximum absolute atomic E-state index is 13.0. The van der Waals surface area contributed by atoms with Crippen LogP contribution in [-0.2, 0) is 11.6 Å². The van der Waals surface area contributed by atoms with Crippen molar-refractivity contribution in [3.63, 3.8) is 0 Å². The van der Waals surface area contributed by atoms with E-state index in [9.17, 15) is 13.2 Å². The average Bonchev–Trinajstić information content (AvgIpc) is 2.86. The highest BCUT2D eigenvalue weighted by Gasteiger charge is 2.41. The van der Waals surface area contributed by atoms with Crippen LogP contribution in [0.1, 0.15) is 36.8 Å². The summed E-state index contributed by atoms with van der Waals surface area (Å²) in [6.07, 6.45) is -0.773. The van der Waals surface area contributed by atoms with Crippen molar-refractivity contribution < 1.29 is 17.9 Å². The first-order valence-electron chi connectivity index (χ1n) is 6.39. The molecule has 1 aromatic rings. The lowest BCUT2D eigenvalue weighted by molar-refractivity contribution is -0.138. The highest BCUT2D eigenvalue weighted by Crippen LogP contribution is 2.47. The van der Waals surface area contributed by atoms with E-state index in [1.54, 1.807) is 6.07 Å². The van der Waals surface area contributed by atoms with E-state index in [2.05, 4.69) is 0 Å².